The number of nitrogens with two attached hydrogens (primary N) is 1. The quantitative estimate of drug-likeness (QED) is 0.549. The van der Waals surface area contributed by atoms with Crippen LogP contribution in [0, 0.1) is 5.92 Å². The molecule has 0 spiro atoms. The van der Waals surface area contributed by atoms with Gasteiger partial charge in [-0.25, -0.2) is 9.59 Å². The van der Waals surface area contributed by atoms with Gasteiger partial charge in [-0.1, -0.05) is 12.1 Å². The molecule has 138 valence electrons. The molecule has 0 radical (unpaired) electrons. The molecule has 8 heteroatoms. The second-order valence-corrected chi connectivity index (χ2v) is 6.75. The largest absolute Gasteiger partial charge is 0.481 e. The van der Waals surface area contributed by atoms with Gasteiger partial charge in [0.05, 0.1) is 5.92 Å². The standard InChI is InChI=1S/C17H24N2O6/c1-17(2,3)25-16(24)19-13(15(22)23)9-11(14(20)21)8-10-4-6-12(18)7-5-10/h4-7,11,13H,8-9,18H2,1-3H3,(H,19,24)(H,20,21)(H,22,23)/t11-,13+/m0/s1. The Balaban J connectivity index is 2.80. The topological polar surface area (TPSA) is 139 Å². The molecule has 0 saturated carbocycles. The fourth-order valence-corrected chi connectivity index (χ4v) is 2.17. The van der Waals surface area contributed by atoms with Gasteiger partial charge in [-0.15, -0.1) is 0 Å². The molecule has 1 aromatic carbocycles. The summed E-state index contributed by atoms with van der Waals surface area (Å²) in [4.78, 5) is 34.6. The molecule has 1 amide bonds. The Hall–Kier alpha value is -2.77. The van der Waals surface area contributed by atoms with Crippen molar-refractivity contribution in [2.24, 2.45) is 5.92 Å². The minimum atomic E-state index is -1.37. The van der Waals surface area contributed by atoms with E-state index >= 15 is 0 Å². The number of ether oxygens (including phenoxy) is 1. The van der Waals surface area contributed by atoms with Crippen LogP contribution in [0.1, 0.15) is 32.8 Å². The Kier molecular flexibility index (Phi) is 6.78. The van der Waals surface area contributed by atoms with E-state index in [4.69, 9.17) is 10.5 Å². The van der Waals surface area contributed by atoms with Crippen molar-refractivity contribution in [3.63, 3.8) is 0 Å². The maximum Gasteiger partial charge on any atom is 0.408 e. The van der Waals surface area contributed by atoms with E-state index in [0.717, 1.165) is 0 Å². The molecule has 0 aliphatic rings. The van der Waals surface area contributed by atoms with Gasteiger partial charge < -0.3 is 26.0 Å². The Morgan fingerprint density at radius 2 is 1.68 bits per heavy atom. The normalized spacial score (nSPS) is 13.6. The molecule has 0 unspecified atom stereocenters. The number of carboxylic acid groups (broad SMARTS) is 2. The number of anilines is 1. The Labute approximate surface area is 146 Å². The number of carbonyl (C=O) groups excluding carboxylic acids is 1. The molecule has 0 aromatic heterocycles. The molecule has 1 rings (SSSR count). The first-order valence-electron chi connectivity index (χ1n) is 7.77. The van der Waals surface area contributed by atoms with Gasteiger partial charge in [-0.05, 0) is 51.3 Å². The lowest BCUT2D eigenvalue weighted by Crippen LogP contribution is -2.45. The summed E-state index contributed by atoms with van der Waals surface area (Å²) in [6.45, 7) is 4.93. The van der Waals surface area contributed by atoms with Crippen LogP contribution in [-0.2, 0) is 20.7 Å². The lowest BCUT2D eigenvalue weighted by atomic mass is 9.92. The average molecular weight is 352 g/mol. The summed E-state index contributed by atoms with van der Waals surface area (Å²) in [6.07, 6.45) is -1.06. The molecule has 2 atom stereocenters. The highest BCUT2D eigenvalue weighted by molar-refractivity contribution is 5.81. The van der Waals surface area contributed by atoms with Crippen LogP contribution < -0.4 is 11.1 Å². The maximum absolute atomic E-state index is 11.8. The number of aliphatic carboxylic acids is 2. The second-order valence-electron chi connectivity index (χ2n) is 6.75. The molecule has 0 aliphatic carbocycles. The Bertz CT molecular complexity index is 621. The molecule has 0 heterocycles. The molecule has 0 saturated heterocycles. The Morgan fingerprint density at radius 3 is 2.12 bits per heavy atom. The van der Waals surface area contributed by atoms with Crippen molar-refractivity contribution in [2.75, 3.05) is 5.73 Å². The van der Waals surface area contributed by atoms with E-state index in [9.17, 15) is 24.6 Å². The first kappa shape index (κ1) is 20.3. The van der Waals surface area contributed by atoms with Crippen LogP contribution in [0.5, 0.6) is 0 Å². The highest BCUT2D eigenvalue weighted by Gasteiger charge is 2.30. The van der Waals surface area contributed by atoms with Gasteiger partial charge >= 0.3 is 18.0 Å². The first-order valence-corrected chi connectivity index (χ1v) is 7.77. The van der Waals surface area contributed by atoms with E-state index in [2.05, 4.69) is 5.32 Å². The van der Waals surface area contributed by atoms with Gasteiger partial charge in [0.25, 0.3) is 0 Å². The molecule has 0 fully saturated rings. The van der Waals surface area contributed by atoms with Crippen molar-refractivity contribution in [1.82, 2.24) is 5.32 Å². The summed E-state index contributed by atoms with van der Waals surface area (Å²) in [7, 11) is 0. The summed E-state index contributed by atoms with van der Waals surface area (Å²) >= 11 is 0. The minimum Gasteiger partial charge on any atom is -0.481 e. The zero-order valence-corrected chi connectivity index (χ0v) is 14.5. The number of hydrogen-bond acceptors (Lipinski definition) is 5. The third-order valence-corrected chi connectivity index (χ3v) is 3.32. The molecule has 0 bridgehead atoms. The van der Waals surface area contributed by atoms with Crippen molar-refractivity contribution >= 4 is 23.7 Å². The number of carboxylic acids is 2. The fourth-order valence-electron chi connectivity index (χ4n) is 2.17. The van der Waals surface area contributed by atoms with Crippen molar-refractivity contribution < 1.29 is 29.3 Å². The molecule has 8 nitrogen and oxygen atoms in total. The summed E-state index contributed by atoms with van der Waals surface area (Å²) in [6, 6.07) is 5.28. The lowest BCUT2D eigenvalue weighted by molar-refractivity contribution is -0.144. The average Bonchev–Trinajstić information content (AvgIpc) is 2.45. The third kappa shape index (κ3) is 7.56. The van der Waals surface area contributed by atoms with Gasteiger partial charge in [0, 0.05) is 5.69 Å². The molecule has 1 aromatic rings. The first-order chi connectivity index (χ1) is 11.5. The molecular formula is C17H24N2O6. The molecule has 25 heavy (non-hydrogen) atoms. The SMILES string of the molecule is CC(C)(C)OC(=O)N[C@H](C[C@H](Cc1ccc(N)cc1)C(=O)O)C(=O)O. The molecule has 0 aliphatic heterocycles. The number of rotatable bonds is 7. The zero-order chi connectivity index (χ0) is 19.2. The summed E-state index contributed by atoms with van der Waals surface area (Å²) < 4.78 is 5.02. The summed E-state index contributed by atoms with van der Waals surface area (Å²) in [5.41, 5.74) is 6.06. The van der Waals surface area contributed by atoms with Crippen LogP contribution in [0.4, 0.5) is 10.5 Å². The van der Waals surface area contributed by atoms with Gasteiger partial charge in [-0.2, -0.15) is 0 Å². The van der Waals surface area contributed by atoms with E-state index in [1.165, 1.54) is 0 Å². The minimum absolute atomic E-state index is 0.120. The third-order valence-electron chi connectivity index (χ3n) is 3.32. The maximum atomic E-state index is 11.8. The predicted molar refractivity (Wildman–Crippen MR) is 91.1 cm³/mol. The number of alkyl carbamates (subject to hydrolysis) is 1. The summed E-state index contributed by atoms with van der Waals surface area (Å²) in [5, 5.41) is 20.9. The smallest absolute Gasteiger partial charge is 0.408 e. The van der Waals surface area contributed by atoms with Crippen LogP contribution in [0.15, 0.2) is 24.3 Å². The number of nitrogens with one attached hydrogen (secondary N) is 1. The van der Waals surface area contributed by atoms with Crippen molar-refractivity contribution in [3.8, 4) is 0 Å². The number of hydrogen-bond donors (Lipinski definition) is 4. The van der Waals surface area contributed by atoms with Crippen molar-refractivity contribution in [2.45, 2.75) is 45.3 Å². The van der Waals surface area contributed by atoms with Crippen LogP contribution in [0.25, 0.3) is 0 Å². The number of amides is 1. The highest BCUT2D eigenvalue weighted by atomic mass is 16.6. The van der Waals surface area contributed by atoms with Gasteiger partial charge in [0.2, 0.25) is 0 Å². The van der Waals surface area contributed by atoms with E-state index in [1.54, 1.807) is 45.0 Å². The monoisotopic (exact) mass is 352 g/mol. The number of benzene rings is 1. The number of carbonyl (C=O) groups is 3. The van der Waals surface area contributed by atoms with Crippen LogP contribution in [0.2, 0.25) is 0 Å². The second kappa shape index (κ2) is 8.36. The van der Waals surface area contributed by atoms with Crippen LogP contribution >= 0.6 is 0 Å². The highest BCUT2D eigenvalue weighted by Crippen LogP contribution is 2.17. The predicted octanol–water partition coefficient (Wildman–Crippen LogP) is 1.88. The summed E-state index contributed by atoms with van der Waals surface area (Å²) in [5.74, 6) is -3.46. The molecule has 5 N–H and O–H groups in total. The lowest BCUT2D eigenvalue weighted by Gasteiger charge is -2.23. The zero-order valence-electron chi connectivity index (χ0n) is 14.5. The van der Waals surface area contributed by atoms with Crippen molar-refractivity contribution in [3.05, 3.63) is 29.8 Å². The van der Waals surface area contributed by atoms with Crippen molar-refractivity contribution in [1.29, 1.82) is 0 Å². The van der Waals surface area contributed by atoms with E-state index in [-0.39, 0.29) is 12.8 Å². The van der Waals surface area contributed by atoms with Gasteiger partial charge in [0.1, 0.15) is 11.6 Å². The van der Waals surface area contributed by atoms with Crippen LogP contribution in [-0.4, -0.2) is 39.9 Å². The van der Waals surface area contributed by atoms with E-state index in [0.29, 0.717) is 11.3 Å². The van der Waals surface area contributed by atoms with E-state index < -0.39 is 35.6 Å². The fraction of sp³-hybridized carbons (Fsp3) is 0.471. The number of nitrogen functional groups attached to an aromatic ring is 1. The van der Waals surface area contributed by atoms with Gasteiger partial charge in [-0.3, -0.25) is 4.79 Å². The van der Waals surface area contributed by atoms with Gasteiger partial charge in [0.15, 0.2) is 0 Å². The van der Waals surface area contributed by atoms with Crippen LogP contribution in [0.3, 0.4) is 0 Å². The molecular weight excluding hydrogens is 328 g/mol. The van der Waals surface area contributed by atoms with E-state index in [1.807, 2.05) is 0 Å². The Morgan fingerprint density at radius 1 is 1.12 bits per heavy atom.